The Morgan fingerprint density at radius 3 is 2.93 bits per heavy atom. The van der Waals surface area contributed by atoms with Crippen LogP contribution in [0.2, 0.25) is 0 Å². The Hall–Kier alpha value is -1.56. The summed E-state index contributed by atoms with van der Waals surface area (Å²) in [6, 6.07) is 5.76. The molecule has 3 heteroatoms. The van der Waals surface area contributed by atoms with Gasteiger partial charge in [0.1, 0.15) is 11.9 Å². The van der Waals surface area contributed by atoms with E-state index in [0.29, 0.717) is 11.5 Å². The van der Waals surface area contributed by atoms with E-state index in [-0.39, 0.29) is 0 Å². The van der Waals surface area contributed by atoms with Gasteiger partial charge in [0.2, 0.25) is 0 Å². The number of hydrogen-bond acceptors (Lipinski definition) is 3. The van der Waals surface area contributed by atoms with Gasteiger partial charge in [0, 0.05) is 19.8 Å². The lowest BCUT2D eigenvalue weighted by molar-refractivity contribution is 0.557. The molecular formula is C12H17N3. The van der Waals surface area contributed by atoms with Crippen LogP contribution in [0.3, 0.4) is 0 Å². The third-order valence-electron chi connectivity index (χ3n) is 2.55. The average Bonchev–Trinajstić information content (AvgIpc) is 2.28. The first kappa shape index (κ1) is 11.5. The van der Waals surface area contributed by atoms with Gasteiger partial charge in [-0.05, 0) is 18.1 Å². The van der Waals surface area contributed by atoms with Crippen LogP contribution < -0.4 is 4.90 Å². The molecule has 1 heterocycles. The van der Waals surface area contributed by atoms with E-state index in [0.717, 1.165) is 18.8 Å². The van der Waals surface area contributed by atoms with Gasteiger partial charge in [-0.3, -0.25) is 0 Å². The van der Waals surface area contributed by atoms with Gasteiger partial charge < -0.3 is 4.90 Å². The summed E-state index contributed by atoms with van der Waals surface area (Å²) in [4.78, 5) is 6.29. The fourth-order valence-corrected chi connectivity index (χ4v) is 1.47. The molecular weight excluding hydrogens is 186 g/mol. The first-order chi connectivity index (χ1) is 7.19. The molecule has 1 aromatic heterocycles. The highest BCUT2D eigenvalue weighted by molar-refractivity contribution is 5.52. The third kappa shape index (κ3) is 2.95. The zero-order chi connectivity index (χ0) is 11.3. The summed E-state index contributed by atoms with van der Waals surface area (Å²) in [6.07, 6.45) is 2.86. The molecule has 1 unspecified atom stereocenters. The van der Waals surface area contributed by atoms with Crippen LogP contribution in [-0.2, 0) is 0 Å². The zero-order valence-electron chi connectivity index (χ0n) is 9.57. The predicted molar refractivity (Wildman–Crippen MR) is 61.7 cm³/mol. The summed E-state index contributed by atoms with van der Waals surface area (Å²) in [5, 5.41) is 8.94. The van der Waals surface area contributed by atoms with Crippen LogP contribution in [0, 0.1) is 17.2 Å². The fraction of sp³-hybridized carbons (Fsp3) is 0.500. The van der Waals surface area contributed by atoms with Crippen molar-refractivity contribution in [2.75, 3.05) is 18.5 Å². The molecule has 3 nitrogen and oxygen atoms in total. The standard InChI is InChI=1S/C12H17N3/c1-4-10(2)9-15(3)12-11(8-13)6-5-7-14-12/h5-7,10H,4,9H2,1-3H3. The quantitative estimate of drug-likeness (QED) is 0.754. The Balaban J connectivity index is 2.82. The van der Waals surface area contributed by atoms with Crippen molar-refractivity contribution >= 4 is 5.82 Å². The molecule has 0 aliphatic rings. The van der Waals surface area contributed by atoms with Crippen molar-refractivity contribution in [3.8, 4) is 6.07 Å². The van der Waals surface area contributed by atoms with Crippen molar-refractivity contribution in [2.24, 2.45) is 5.92 Å². The van der Waals surface area contributed by atoms with Crippen LogP contribution >= 0.6 is 0 Å². The summed E-state index contributed by atoms with van der Waals surface area (Å²) in [6.45, 7) is 5.30. The minimum atomic E-state index is 0.614. The zero-order valence-corrected chi connectivity index (χ0v) is 9.57. The maximum Gasteiger partial charge on any atom is 0.146 e. The van der Waals surface area contributed by atoms with Gasteiger partial charge in [0.05, 0.1) is 5.56 Å². The predicted octanol–water partition coefficient (Wildman–Crippen LogP) is 2.44. The molecule has 1 aromatic rings. The monoisotopic (exact) mass is 203 g/mol. The lowest BCUT2D eigenvalue weighted by atomic mass is 10.1. The maximum atomic E-state index is 8.94. The first-order valence-corrected chi connectivity index (χ1v) is 5.25. The van der Waals surface area contributed by atoms with E-state index in [1.54, 1.807) is 18.3 Å². The number of aromatic nitrogens is 1. The lowest BCUT2D eigenvalue weighted by Gasteiger charge is -2.22. The molecule has 0 N–H and O–H groups in total. The van der Waals surface area contributed by atoms with Crippen LogP contribution in [0.25, 0.3) is 0 Å². The van der Waals surface area contributed by atoms with Crippen molar-refractivity contribution in [1.29, 1.82) is 5.26 Å². The van der Waals surface area contributed by atoms with Crippen LogP contribution in [0.5, 0.6) is 0 Å². The molecule has 1 rings (SSSR count). The SMILES string of the molecule is CCC(C)CN(C)c1ncccc1C#N. The normalized spacial score (nSPS) is 11.9. The summed E-state index contributed by atoms with van der Waals surface area (Å²) in [5.74, 6) is 1.39. The number of anilines is 1. The molecule has 0 saturated carbocycles. The van der Waals surface area contributed by atoms with Crippen LogP contribution in [0.15, 0.2) is 18.3 Å². The number of nitrogens with zero attached hydrogens (tertiary/aromatic N) is 3. The van der Waals surface area contributed by atoms with E-state index in [4.69, 9.17) is 5.26 Å². The second kappa shape index (κ2) is 5.35. The Morgan fingerprint density at radius 2 is 2.33 bits per heavy atom. The minimum absolute atomic E-state index is 0.614. The molecule has 15 heavy (non-hydrogen) atoms. The summed E-state index contributed by atoms with van der Waals surface area (Å²) >= 11 is 0. The molecule has 1 atom stereocenters. The van der Waals surface area contributed by atoms with E-state index in [1.807, 2.05) is 11.9 Å². The van der Waals surface area contributed by atoms with Crippen LogP contribution in [0.1, 0.15) is 25.8 Å². The highest BCUT2D eigenvalue weighted by atomic mass is 15.2. The van der Waals surface area contributed by atoms with Gasteiger partial charge >= 0.3 is 0 Å². The second-order valence-corrected chi connectivity index (χ2v) is 3.88. The van der Waals surface area contributed by atoms with Crippen LogP contribution in [0.4, 0.5) is 5.82 Å². The van der Waals surface area contributed by atoms with Crippen molar-refractivity contribution < 1.29 is 0 Å². The fourth-order valence-electron chi connectivity index (χ4n) is 1.47. The number of pyridine rings is 1. The first-order valence-electron chi connectivity index (χ1n) is 5.25. The van der Waals surface area contributed by atoms with E-state index in [1.165, 1.54) is 0 Å². The maximum absolute atomic E-state index is 8.94. The number of hydrogen-bond donors (Lipinski definition) is 0. The number of nitriles is 1. The molecule has 0 aliphatic heterocycles. The molecule has 0 spiro atoms. The lowest BCUT2D eigenvalue weighted by Crippen LogP contribution is -2.25. The Kier molecular flexibility index (Phi) is 4.11. The summed E-state index contributed by atoms with van der Waals surface area (Å²) < 4.78 is 0. The van der Waals surface area contributed by atoms with Gasteiger partial charge in [-0.1, -0.05) is 20.3 Å². The van der Waals surface area contributed by atoms with E-state index < -0.39 is 0 Å². The Labute approximate surface area is 91.4 Å². The highest BCUT2D eigenvalue weighted by Crippen LogP contribution is 2.16. The highest BCUT2D eigenvalue weighted by Gasteiger charge is 2.10. The molecule has 0 aromatic carbocycles. The molecule has 0 fully saturated rings. The van der Waals surface area contributed by atoms with Gasteiger partial charge in [0.25, 0.3) is 0 Å². The number of rotatable bonds is 4. The molecule has 0 bridgehead atoms. The van der Waals surface area contributed by atoms with Crippen molar-refractivity contribution in [3.05, 3.63) is 23.9 Å². The largest absolute Gasteiger partial charge is 0.358 e. The van der Waals surface area contributed by atoms with Crippen molar-refractivity contribution in [3.63, 3.8) is 0 Å². The molecule has 0 aliphatic carbocycles. The third-order valence-corrected chi connectivity index (χ3v) is 2.55. The average molecular weight is 203 g/mol. The van der Waals surface area contributed by atoms with Gasteiger partial charge in [-0.15, -0.1) is 0 Å². The van der Waals surface area contributed by atoms with Gasteiger partial charge in [-0.25, -0.2) is 4.98 Å². The summed E-state index contributed by atoms with van der Waals surface area (Å²) in [7, 11) is 1.98. The minimum Gasteiger partial charge on any atom is -0.358 e. The van der Waals surface area contributed by atoms with Crippen molar-refractivity contribution in [1.82, 2.24) is 4.98 Å². The Bertz CT molecular complexity index is 354. The van der Waals surface area contributed by atoms with Gasteiger partial charge in [0.15, 0.2) is 0 Å². The topological polar surface area (TPSA) is 39.9 Å². The smallest absolute Gasteiger partial charge is 0.146 e. The second-order valence-electron chi connectivity index (χ2n) is 3.88. The van der Waals surface area contributed by atoms with Crippen molar-refractivity contribution in [2.45, 2.75) is 20.3 Å². The Morgan fingerprint density at radius 1 is 1.60 bits per heavy atom. The van der Waals surface area contributed by atoms with Crippen LogP contribution in [-0.4, -0.2) is 18.6 Å². The molecule has 0 amide bonds. The van der Waals surface area contributed by atoms with E-state index >= 15 is 0 Å². The van der Waals surface area contributed by atoms with Gasteiger partial charge in [-0.2, -0.15) is 5.26 Å². The van der Waals surface area contributed by atoms with E-state index in [2.05, 4.69) is 24.9 Å². The van der Waals surface area contributed by atoms with E-state index in [9.17, 15) is 0 Å². The molecule has 0 radical (unpaired) electrons. The molecule has 80 valence electrons. The molecule has 0 saturated heterocycles. The summed E-state index contributed by atoms with van der Waals surface area (Å²) in [5.41, 5.74) is 0.642.